The Morgan fingerprint density at radius 3 is 2.70 bits per heavy atom. The smallest absolute Gasteiger partial charge is 0.321 e. The van der Waals surface area contributed by atoms with Crippen molar-refractivity contribution in [3.63, 3.8) is 0 Å². The molecule has 0 aromatic carbocycles. The molecule has 0 atom stereocenters. The van der Waals surface area contributed by atoms with E-state index in [1.54, 1.807) is 0 Å². The zero-order chi connectivity index (χ0) is 7.56. The molecule has 1 N–H and O–H groups in total. The summed E-state index contributed by atoms with van der Waals surface area (Å²) in [7, 11) is 0. The van der Waals surface area contributed by atoms with Gasteiger partial charge in [0.25, 0.3) is 0 Å². The quantitative estimate of drug-likeness (QED) is 0.374. The Morgan fingerprint density at radius 2 is 2.40 bits per heavy atom. The van der Waals surface area contributed by atoms with E-state index < -0.39 is 4.92 Å². The molecule has 1 aromatic rings. The largest absolute Gasteiger partial charge is 0.358 e. The van der Waals surface area contributed by atoms with Gasteiger partial charge in [-0.15, -0.1) is 0 Å². The van der Waals surface area contributed by atoms with Crippen LogP contribution < -0.4 is 0 Å². The molecule has 0 saturated carbocycles. The maximum Gasteiger partial charge on any atom is 0.321 e. The van der Waals surface area contributed by atoms with Crippen LogP contribution in [0.25, 0.3) is 0 Å². The molecule has 0 fully saturated rings. The number of aldehydes is 1. The molecule has 5 heteroatoms. The lowest BCUT2D eigenvalue weighted by Crippen LogP contribution is -1.85. The van der Waals surface area contributed by atoms with Gasteiger partial charge in [-0.1, -0.05) is 0 Å². The fraction of sp³-hybridized carbons (Fsp3) is 0. The molecule has 1 aromatic heterocycles. The average Bonchev–Trinajstić information content (AvgIpc) is 2.34. The number of nitro groups is 1. The molecular weight excluding hydrogens is 136 g/mol. The maximum absolute atomic E-state index is 10.00. The summed E-state index contributed by atoms with van der Waals surface area (Å²) >= 11 is 0. The lowest BCUT2D eigenvalue weighted by Gasteiger charge is -1.84. The second kappa shape index (κ2) is 2.30. The summed E-state index contributed by atoms with van der Waals surface area (Å²) in [6.45, 7) is 0. The number of nitrogens with zero attached hydrogens (tertiary/aromatic N) is 1. The number of rotatable bonds is 2. The first-order valence-electron chi connectivity index (χ1n) is 2.52. The summed E-state index contributed by atoms with van der Waals surface area (Å²) in [6, 6.07) is 1.17. The third kappa shape index (κ3) is 1.02. The van der Waals surface area contributed by atoms with Crippen LogP contribution in [0.5, 0.6) is 0 Å². The predicted octanol–water partition coefficient (Wildman–Crippen LogP) is 0.735. The van der Waals surface area contributed by atoms with Gasteiger partial charge < -0.3 is 10.1 Å². The van der Waals surface area contributed by atoms with Crippen LogP contribution in [-0.4, -0.2) is 16.2 Å². The highest BCUT2D eigenvalue weighted by atomic mass is 16.6. The summed E-state index contributed by atoms with van der Waals surface area (Å²) < 4.78 is 0. The first kappa shape index (κ1) is 6.47. The number of carbonyl (C=O) groups excluding carboxylic acids is 1. The van der Waals surface area contributed by atoms with Crippen LogP contribution in [-0.2, 0) is 0 Å². The van der Waals surface area contributed by atoms with Crippen molar-refractivity contribution in [2.75, 3.05) is 0 Å². The third-order valence-electron chi connectivity index (χ3n) is 1.02. The van der Waals surface area contributed by atoms with Gasteiger partial charge in [0.05, 0.1) is 11.8 Å². The van der Waals surface area contributed by atoms with E-state index in [9.17, 15) is 14.9 Å². The number of carbonyl (C=O) groups is 1. The van der Waals surface area contributed by atoms with E-state index in [0.717, 1.165) is 0 Å². The van der Waals surface area contributed by atoms with Gasteiger partial charge in [0.2, 0.25) is 0 Å². The summed E-state index contributed by atoms with van der Waals surface area (Å²) in [5.41, 5.74) is 0.284. The van der Waals surface area contributed by atoms with Gasteiger partial charge in [0.15, 0.2) is 6.29 Å². The van der Waals surface area contributed by atoms with E-state index in [1.165, 1.54) is 12.3 Å². The molecule has 0 radical (unpaired) electrons. The van der Waals surface area contributed by atoms with Gasteiger partial charge in [0.1, 0.15) is 0 Å². The Balaban J connectivity index is 2.98. The fourth-order valence-electron chi connectivity index (χ4n) is 0.572. The molecule has 1 rings (SSSR count). The second-order valence-electron chi connectivity index (χ2n) is 1.69. The zero-order valence-electron chi connectivity index (χ0n) is 4.90. The maximum atomic E-state index is 10.00. The van der Waals surface area contributed by atoms with Crippen LogP contribution in [0.4, 0.5) is 5.82 Å². The molecule has 0 amide bonds. The Hall–Kier alpha value is -1.65. The average molecular weight is 140 g/mol. The normalized spacial score (nSPS) is 9.20. The van der Waals surface area contributed by atoms with Crippen molar-refractivity contribution >= 4 is 12.1 Å². The Kier molecular flexibility index (Phi) is 1.49. The summed E-state index contributed by atoms with van der Waals surface area (Å²) in [4.78, 5) is 21.7. The Morgan fingerprint density at radius 1 is 1.70 bits per heavy atom. The summed E-state index contributed by atoms with van der Waals surface area (Å²) in [6.07, 6.45) is 1.83. The van der Waals surface area contributed by atoms with Crippen LogP contribution >= 0.6 is 0 Å². The standard InChI is InChI=1S/C5H4N2O3/c8-3-4-1-5(6-2-4)7(9)10/h1-3,6H. The second-order valence-corrected chi connectivity index (χ2v) is 1.69. The molecule has 0 aliphatic heterocycles. The van der Waals surface area contributed by atoms with Crippen molar-refractivity contribution in [3.8, 4) is 0 Å². The minimum absolute atomic E-state index is 0.165. The van der Waals surface area contributed by atoms with E-state index in [1.807, 2.05) is 0 Å². The van der Waals surface area contributed by atoms with E-state index in [2.05, 4.69) is 4.98 Å². The van der Waals surface area contributed by atoms with Crippen LogP contribution in [0.3, 0.4) is 0 Å². The molecule has 0 aliphatic carbocycles. The first-order chi connectivity index (χ1) is 4.74. The Labute approximate surface area is 55.8 Å². The predicted molar refractivity (Wildman–Crippen MR) is 32.8 cm³/mol. The lowest BCUT2D eigenvalue weighted by atomic mass is 10.4. The number of H-pyrrole nitrogens is 1. The molecule has 0 bridgehead atoms. The highest BCUT2D eigenvalue weighted by Gasteiger charge is 2.05. The first-order valence-corrected chi connectivity index (χ1v) is 2.52. The van der Waals surface area contributed by atoms with Crippen LogP contribution in [0, 0.1) is 10.1 Å². The molecule has 1 heterocycles. The van der Waals surface area contributed by atoms with Crippen molar-refractivity contribution in [2.24, 2.45) is 0 Å². The number of hydrogen-bond acceptors (Lipinski definition) is 3. The zero-order valence-corrected chi connectivity index (χ0v) is 4.90. The van der Waals surface area contributed by atoms with E-state index in [4.69, 9.17) is 0 Å². The molecule has 52 valence electrons. The van der Waals surface area contributed by atoms with Gasteiger partial charge in [-0.05, 0) is 4.92 Å². The molecule has 10 heavy (non-hydrogen) atoms. The fourth-order valence-corrected chi connectivity index (χ4v) is 0.572. The third-order valence-corrected chi connectivity index (χ3v) is 1.02. The van der Waals surface area contributed by atoms with Gasteiger partial charge >= 0.3 is 5.82 Å². The van der Waals surface area contributed by atoms with Crippen LogP contribution in [0.2, 0.25) is 0 Å². The van der Waals surface area contributed by atoms with Gasteiger partial charge in [0, 0.05) is 6.07 Å². The van der Waals surface area contributed by atoms with Gasteiger partial charge in [-0.25, -0.2) is 4.98 Å². The van der Waals surface area contributed by atoms with Crippen LogP contribution in [0.15, 0.2) is 12.3 Å². The summed E-state index contributed by atoms with van der Waals surface area (Å²) in [5.74, 6) is -0.165. The highest BCUT2D eigenvalue weighted by molar-refractivity contribution is 5.75. The number of hydrogen-bond donors (Lipinski definition) is 1. The van der Waals surface area contributed by atoms with E-state index >= 15 is 0 Å². The van der Waals surface area contributed by atoms with Crippen molar-refractivity contribution in [1.29, 1.82) is 0 Å². The number of aromatic nitrogens is 1. The van der Waals surface area contributed by atoms with Crippen molar-refractivity contribution in [1.82, 2.24) is 4.98 Å². The Bertz CT molecular complexity index is 266. The molecule has 0 unspecified atom stereocenters. The number of nitrogens with one attached hydrogen (secondary N) is 1. The van der Waals surface area contributed by atoms with Gasteiger partial charge in [-0.3, -0.25) is 4.79 Å². The minimum Gasteiger partial charge on any atom is -0.358 e. The summed E-state index contributed by atoms with van der Waals surface area (Å²) in [5, 5.41) is 9.99. The minimum atomic E-state index is -0.590. The molecule has 0 saturated heterocycles. The molecule has 5 nitrogen and oxygen atoms in total. The molecular formula is C5H4N2O3. The van der Waals surface area contributed by atoms with Crippen molar-refractivity contribution in [3.05, 3.63) is 27.9 Å². The number of aromatic amines is 1. The van der Waals surface area contributed by atoms with Gasteiger partial charge in [-0.2, -0.15) is 0 Å². The van der Waals surface area contributed by atoms with Crippen molar-refractivity contribution < 1.29 is 9.72 Å². The molecule has 0 aliphatic rings. The lowest BCUT2D eigenvalue weighted by molar-refractivity contribution is -0.389. The SMILES string of the molecule is O=Cc1c[nH]c([N+](=O)[O-])c1. The van der Waals surface area contributed by atoms with E-state index in [-0.39, 0.29) is 11.4 Å². The monoisotopic (exact) mass is 140 g/mol. The topological polar surface area (TPSA) is 76.0 Å². The highest BCUT2D eigenvalue weighted by Crippen LogP contribution is 2.08. The van der Waals surface area contributed by atoms with Crippen LogP contribution in [0.1, 0.15) is 10.4 Å². The van der Waals surface area contributed by atoms with Crippen molar-refractivity contribution in [2.45, 2.75) is 0 Å². The molecule has 0 spiro atoms. The van der Waals surface area contributed by atoms with E-state index in [0.29, 0.717) is 6.29 Å².